The predicted molar refractivity (Wildman–Crippen MR) is 79.4 cm³/mol. The Bertz CT molecular complexity index is 490. The fraction of sp³-hybridized carbons (Fsp3) is 0.625. The van der Waals surface area contributed by atoms with Crippen LogP contribution in [0.3, 0.4) is 0 Å². The lowest BCUT2D eigenvalue weighted by Crippen LogP contribution is -2.38. The lowest BCUT2D eigenvalue weighted by molar-refractivity contribution is -0.0512. The lowest BCUT2D eigenvalue weighted by Gasteiger charge is -2.28. The summed E-state index contributed by atoms with van der Waals surface area (Å²) >= 11 is 0. The standard InChI is InChI=1S/C16H23F2NO3/c1-19(11-16(20)7-3-4-8-16)10-12-5-6-13(21-2)14(9-12)22-15(17)18/h5-6,9,15,20H,3-4,7-8,10-11H2,1-2H3. The van der Waals surface area contributed by atoms with Gasteiger partial charge in [-0.1, -0.05) is 18.9 Å². The third-order valence-corrected chi connectivity index (χ3v) is 4.00. The minimum absolute atomic E-state index is 0.0305. The van der Waals surface area contributed by atoms with Crippen LogP contribution in [0.4, 0.5) is 8.78 Å². The van der Waals surface area contributed by atoms with E-state index in [9.17, 15) is 13.9 Å². The highest BCUT2D eigenvalue weighted by molar-refractivity contribution is 5.43. The zero-order valence-electron chi connectivity index (χ0n) is 13.0. The molecule has 0 unspecified atom stereocenters. The molecule has 1 N–H and O–H groups in total. The summed E-state index contributed by atoms with van der Waals surface area (Å²) in [6.45, 7) is -1.77. The van der Waals surface area contributed by atoms with Crippen molar-refractivity contribution in [2.45, 2.75) is 44.4 Å². The van der Waals surface area contributed by atoms with E-state index in [4.69, 9.17) is 4.74 Å². The lowest BCUT2D eigenvalue weighted by atomic mass is 10.0. The van der Waals surface area contributed by atoms with Gasteiger partial charge in [0.2, 0.25) is 0 Å². The van der Waals surface area contributed by atoms with Crippen LogP contribution in [-0.4, -0.2) is 42.9 Å². The highest BCUT2D eigenvalue weighted by Gasteiger charge is 2.32. The van der Waals surface area contributed by atoms with Crippen LogP contribution in [0.2, 0.25) is 0 Å². The summed E-state index contributed by atoms with van der Waals surface area (Å²) in [7, 11) is 3.32. The molecule has 0 radical (unpaired) electrons. The van der Waals surface area contributed by atoms with Gasteiger partial charge < -0.3 is 14.6 Å². The summed E-state index contributed by atoms with van der Waals surface area (Å²) in [5, 5.41) is 10.4. The van der Waals surface area contributed by atoms with Crippen molar-refractivity contribution < 1.29 is 23.4 Å². The van der Waals surface area contributed by atoms with Gasteiger partial charge in [0, 0.05) is 13.1 Å². The second-order valence-corrected chi connectivity index (χ2v) is 5.97. The third-order valence-electron chi connectivity index (χ3n) is 4.00. The van der Waals surface area contributed by atoms with E-state index in [0.717, 1.165) is 31.2 Å². The fourth-order valence-corrected chi connectivity index (χ4v) is 3.07. The van der Waals surface area contributed by atoms with Gasteiger partial charge in [0.05, 0.1) is 12.7 Å². The van der Waals surface area contributed by atoms with Crippen molar-refractivity contribution in [2.24, 2.45) is 0 Å². The molecule has 1 fully saturated rings. The highest BCUT2D eigenvalue weighted by atomic mass is 19.3. The van der Waals surface area contributed by atoms with Crippen molar-refractivity contribution in [3.8, 4) is 11.5 Å². The Morgan fingerprint density at radius 3 is 2.55 bits per heavy atom. The van der Waals surface area contributed by atoms with E-state index in [1.54, 1.807) is 12.1 Å². The summed E-state index contributed by atoms with van der Waals surface area (Å²) < 4.78 is 34.4. The van der Waals surface area contributed by atoms with Crippen LogP contribution in [0.25, 0.3) is 0 Å². The van der Waals surface area contributed by atoms with Crippen LogP contribution < -0.4 is 9.47 Å². The number of halogens is 2. The quantitative estimate of drug-likeness (QED) is 0.840. The van der Waals surface area contributed by atoms with Gasteiger partial charge in [0.1, 0.15) is 0 Å². The number of nitrogens with zero attached hydrogens (tertiary/aromatic N) is 1. The number of methoxy groups -OCH3 is 1. The van der Waals surface area contributed by atoms with Crippen molar-refractivity contribution in [1.29, 1.82) is 0 Å². The Morgan fingerprint density at radius 1 is 1.27 bits per heavy atom. The first kappa shape index (κ1) is 17.0. The molecule has 0 aliphatic heterocycles. The van der Waals surface area contributed by atoms with Crippen LogP contribution in [0.5, 0.6) is 11.5 Å². The van der Waals surface area contributed by atoms with E-state index in [-0.39, 0.29) is 11.5 Å². The van der Waals surface area contributed by atoms with Gasteiger partial charge in [0.25, 0.3) is 0 Å². The van der Waals surface area contributed by atoms with Gasteiger partial charge in [-0.05, 0) is 37.6 Å². The zero-order valence-corrected chi connectivity index (χ0v) is 13.0. The first-order chi connectivity index (χ1) is 10.4. The Kier molecular flexibility index (Phi) is 5.58. The molecule has 0 saturated heterocycles. The molecule has 0 heterocycles. The molecule has 4 nitrogen and oxygen atoms in total. The number of aliphatic hydroxyl groups is 1. The number of rotatable bonds is 7. The van der Waals surface area contributed by atoms with Crippen molar-refractivity contribution in [1.82, 2.24) is 4.90 Å². The van der Waals surface area contributed by atoms with Crippen LogP contribution in [-0.2, 0) is 6.54 Å². The average molecular weight is 315 g/mol. The number of alkyl halides is 2. The van der Waals surface area contributed by atoms with Gasteiger partial charge in [0.15, 0.2) is 11.5 Å². The monoisotopic (exact) mass is 315 g/mol. The molecule has 1 aliphatic rings. The number of ether oxygens (including phenoxy) is 2. The molecule has 0 spiro atoms. The normalized spacial score (nSPS) is 17.2. The Balaban J connectivity index is 2.02. The van der Waals surface area contributed by atoms with Crippen molar-refractivity contribution in [3.05, 3.63) is 23.8 Å². The van der Waals surface area contributed by atoms with E-state index >= 15 is 0 Å². The maximum Gasteiger partial charge on any atom is 0.387 e. The molecule has 1 aromatic carbocycles. The largest absolute Gasteiger partial charge is 0.493 e. The SMILES string of the molecule is COc1ccc(CN(C)CC2(O)CCCC2)cc1OC(F)F. The smallest absolute Gasteiger partial charge is 0.387 e. The summed E-state index contributed by atoms with van der Waals surface area (Å²) in [5.41, 5.74) is 0.212. The molecule has 1 aliphatic carbocycles. The molecular formula is C16H23F2NO3. The minimum Gasteiger partial charge on any atom is -0.493 e. The predicted octanol–water partition coefficient (Wildman–Crippen LogP) is 3.03. The summed E-state index contributed by atoms with van der Waals surface area (Å²) in [6, 6.07) is 4.98. The molecule has 0 aromatic heterocycles. The van der Waals surface area contributed by atoms with E-state index in [1.807, 2.05) is 18.0 Å². The Morgan fingerprint density at radius 2 is 1.95 bits per heavy atom. The van der Waals surface area contributed by atoms with E-state index in [0.29, 0.717) is 13.1 Å². The molecular weight excluding hydrogens is 292 g/mol. The van der Waals surface area contributed by atoms with Crippen molar-refractivity contribution in [2.75, 3.05) is 20.7 Å². The highest BCUT2D eigenvalue weighted by Crippen LogP contribution is 2.32. The van der Waals surface area contributed by atoms with Gasteiger partial charge in [-0.3, -0.25) is 4.90 Å². The zero-order chi connectivity index (χ0) is 16.2. The summed E-state index contributed by atoms with van der Waals surface area (Å²) in [4.78, 5) is 2.00. The molecule has 22 heavy (non-hydrogen) atoms. The average Bonchev–Trinajstić information content (AvgIpc) is 2.84. The van der Waals surface area contributed by atoms with Gasteiger partial charge in [-0.15, -0.1) is 0 Å². The number of hydrogen-bond acceptors (Lipinski definition) is 4. The van der Waals surface area contributed by atoms with Gasteiger partial charge in [-0.25, -0.2) is 0 Å². The molecule has 2 rings (SSSR count). The molecule has 1 aromatic rings. The number of likely N-dealkylation sites (N-methyl/N-ethyl adjacent to an activating group) is 1. The van der Waals surface area contributed by atoms with Crippen LogP contribution in [0, 0.1) is 0 Å². The number of hydrogen-bond donors (Lipinski definition) is 1. The Hall–Kier alpha value is -1.40. The maximum absolute atomic E-state index is 12.4. The second-order valence-electron chi connectivity index (χ2n) is 5.97. The first-order valence-electron chi connectivity index (χ1n) is 7.44. The minimum atomic E-state index is -2.89. The van der Waals surface area contributed by atoms with Crippen molar-refractivity contribution in [3.63, 3.8) is 0 Å². The van der Waals surface area contributed by atoms with E-state index in [1.165, 1.54) is 7.11 Å². The van der Waals surface area contributed by atoms with Gasteiger partial charge in [-0.2, -0.15) is 8.78 Å². The molecule has 6 heteroatoms. The molecule has 0 amide bonds. The molecule has 1 saturated carbocycles. The summed E-state index contributed by atoms with van der Waals surface area (Å²) in [5.74, 6) is 0.309. The summed E-state index contributed by atoms with van der Waals surface area (Å²) in [6.07, 6.45) is 3.75. The molecule has 0 atom stereocenters. The van der Waals surface area contributed by atoms with Crippen molar-refractivity contribution >= 4 is 0 Å². The Labute approximate surface area is 129 Å². The topological polar surface area (TPSA) is 41.9 Å². The van der Waals surface area contributed by atoms with Gasteiger partial charge >= 0.3 is 6.61 Å². The van der Waals surface area contributed by atoms with Crippen LogP contribution >= 0.6 is 0 Å². The molecule has 0 bridgehead atoms. The van der Waals surface area contributed by atoms with E-state index in [2.05, 4.69) is 4.74 Å². The molecule has 124 valence electrons. The number of benzene rings is 1. The second kappa shape index (κ2) is 7.24. The third kappa shape index (κ3) is 4.55. The fourth-order valence-electron chi connectivity index (χ4n) is 3.07. The van der Waals surface area contributed by atoms with E-state index < -0.39 is 12.2 Å². The van der Waals surface area contributed by atoms with Crippen LogP contribution in [0.1, 0.15) is 31.2 Å². The maximum atomic E-state index is 12.4. The van der Waals surface area contributed by atoms with Crippen LogP contribution in [0.15, 0.2) is 18.2 Å². The first-order valence-corrected chi connectivity index (χ1v) is 7.44.